The number of amides is 2. The number of carbonyl (C=O) groups is 2. The van der Waals surface area contributed by atoms with E-state index >= 15 is 0 Å². The van der Waals surface area contributed by atoms with Gasteiger partial charge >= 0.3 is 0 Å². The SMILES string of the molecule is CC(C)(NC(=O)c1ccnnc1)C(=O)Nc1nc(-c2ccc(F)cc2)c(Oc2ccc(F)cc2)s1. The van der Waals surface area contributed by atoms with E-state index in [-0.39, 0.29) is 10.7 Å². The number of benzene rings is 2. The fourth-order valence-electron chi connectivity index (χ4n) is 2.92. The van der Waals surface area contributed by atoms with Crippen molar-refractivity contribution in [1.82, 2.24) is 20.5 Å². The van der Waals surface area contributed by atoms with Crippen molar-refractivity contribution in [2.45, 2.75) is 19.4 Å². The lowest BCUT2D eigenvalue weighted by Crippen LogP contribution is -2.52. The van der Waals surface area contributed by atoms with Gasteiger partial charge in [-0.2, -0.15) is 10.2 Å². The number of ether oxygens (including phenoxy) is 1. The van der Waals surface area contributed by atoms with Gasteiger partial charge in [0, 0.05) is 5.56 Å². The van der Waals surface area contributed by atoms with Crippen LogP contribution in [0.25, 0.3) is 11.3 Å². The van der Waals surface area contributed by atoms with E-state index in [0.29, 0.717) is 22.1 Å². The summed E-state index contributed by atoms with van der Waals surface area (Å²) in [5.74, 6) is -1.50. The summed E-state index contributed by atoms with van der Waals surface area (Å²) in [5.41, 5.74) is -0.138. The van der Waals surface area contributed by atoms with Crippen LogP contribution in [0.15, 0.2) is 67.0 Å². The average molecular weight is 496 g/mol. The molecule has 4 rings (SSSR count). The van der Waals surface area contributed by atoms with Crippen molar-refractivity contribution in [3.63, 3.8) is 0 Å². The highest BCUT2D eigenvalue weighted by Crippen LogP contribution is 2.40. The predicted octanol–water partition coefficient (Wildman–Crippen LogP) is 4.82. The predicted molar refractivity (Wildman–Crippen MR) is 126 cm³/mol. The minimum Gasteiger partial charge on any atom is -0.444 e. The Morgan fingerprint density at radius 1 is 0.943 bits per heavy atom. The number of hydrogen-bond acceptors (Lipinski definition) is 7. The van der Waals surface area contributed by atoms with Gasteiger partial charge in [0.1, 0.15) is 28.6 Å². The molecule has 0 fully saturated rings. The largest absolute Gasteiger partial charge is 0.444 e. The maximum atomic E-state index is 13.4. The van der Waals surface area contributed by atoms with Crippen LogP contribution in [0.1, 0.15) is 24.2 Å². The smallest absolute Gasteiger partial charge is 0.253 e. The number of carbonyl (C=O) groups excluding carboxylic acids is 2. The van der Waals surface area contributed by atoms with Crippen molar-refractivity contribution in [1.29, 1.82) is 0 Å². The van der Waals surface area contributed by atoms with Gasteiger partial charge in [0.15, 0.2) is 5.13 Å². The molecule has 2 amide bonds. The van der Waals surface area contributed by atoms with E-state index in [1.54, 1.807) is 13.8 Å². The number of rotatable bonds is 7. The Labute approximate surface area is 203 Å². The molecule has 11 heteroatoms. The normalized spacial score (nSPS) is 11.1. The second-order valence-electron chi connectivity index (χ2n) is 7.88. The molecule has 0 atom stereocenters. The van der Waals surface area contributed by atoms with Gasteiger partial charge in [-0.3, -0.25) is 14.9 Å². The fraction of sp³-hybridized carbons (Fsp3) is 0.125. The summed E-state index contributed by atoms with van der Waals surface area (Å²) in [6.45, 7) is 3.08. The van der Waals surface area contributed by atoms with Gasteiger partial charge in [-0.15, -0.1) is 0 Å². The molecule has 0 aliphatic heterocycles. The van der Waals surface area contributed by atoms with Gasteiger partial charge in [-0.05, 0) is 68.4 Å². The third-order valence-corrected chi connectivity index (χ3v) is 5.65. The first-order valence-corrected chi connectivity index (χ1v) is 11.1. The molecule has 2 aromatic heterocycles. The van der Waals surface area contributed by atoms with E-state index in [0.717, 1.165) is 11.3 Å². The van der Waals surface area contributed by atoms with Crippen LogP contribution in [0.3, 0.4) is 0 Å². The Hall–Kier alpha value is -4.25. The molecule has 0 unspecified atom stereocenters. The Balaban J connectivity index is 1.57. The van der Waals surface area contributed by atoms with Crippen molar-refractivity contribution >= 4 is 28.3 Å². The zero-order valence-electron chi connectivity index (χ0n) is 18.6. The van der Waals surface area contributed by atoms with E-state index in [1.165, 1.54) is 67.0 Å². The van der Waals surface area contributed by atoms with E-state index in [4.69, 9.17) is 4.74 Å². The van der Waals surface area contributed by atoms with Crippen LogP contribution in [0.4, 0.5) is 13.9 Å². The number of nitrogens with one attached hydrogen (secondary N) is 2. The highest BCUT2D eigenvalue weighted by atomic mass is 32.1. The molecule has 35 heavy (non-hydrogen) atoms. The topological polar surface area (TPSA) is 106 Å². The van der Waals surface area contributed by atoms with Gasteiger partial charge in [-0.25, -0.2) is 13.8 Å². The summed E-state index contributed by atoms with van der Waals surface area (Å²) in [4.78, 5) is 29.9. The van der Waals surface area contributed by atoms with Crippen LogP contribution in [-0.4, -0.2) is 32.5 Å². The van der Waals surface area contributed by atoms with Crippen molar-refractivity contribution < 1.29 is 23.1 Å². The lowest BCUT2D eigenvalue weighted by atomic mass is 10.0. The summed E-state index contributed by atoms with van der Waals surface area (Å²) >= 11 is 1.03. The Bertz CT molecular complexity index is 1340. The third kappa shape index (κ3) is 5.82. The number of aromatic nitrogens is 3. The quantitative estimate of drug-likeness (QED) is 0.381. The van der Waals surface area contributed by atoms with Gasteiger partial charge in [0.25, 0.3) is 11.8 Å². The number of anilines is 1. The molecule has 2 aromatic carbocycles. The van der Waals surface area contributed by atoms with Gasteiger partial charge in [-0.1, -0.05) is 11.3 Å². The fourth-order valence-corrected chi connectivity index (χ4v) is 3.77. The first kappa shape index (κ1) is 23.9. The first-order valence-electron chi connectivity index (χ1n) is 10.3. The molecule has 0 spiro atoms. The number of nitrogens with zero attached hydrogens (tertiary/aromatic N) is 3. The Kier molecular flexibility index (Phi) is 6.78. The Morgan fingerprint density at radius 3 is 2.23 bits per heavy atom. The summed E-state index contributed by atoms with van der Waals surface area (Å²) in [7, 11) is 0. The molecular formula is C24H19F2N5O3S. The van der Waals surface area contributed by atoms with E-state index in [2.05, 4.69) is 25.8 Å². The van der Waals surface area contributed by atoms with E-state index < -0.39 is 29.0 Å². The van der Waals surface area contributed by atoms with Crippen molar-refractivity contribution in [3.8, 4) is 22.1 Å². The minimum absolute atomic E-state index is 0.194. The lowest BCUT2D eigenvalue weighted by Gasteiger charge is -2.24. The van der Waals surface area contributed by atoms with Crippen LogP contribution in [0.2, 0.25) is 0 Å². The van der Waals surface area contributed by atoms with E-state index in [9.17, 15) is 18.4 Å². The van der Waals surface area contributed by atoms with Crippen molar-refractivity contribution in [2.24, 2.45) is 0 Å². The zero-order valence-corrected chi connectivity index (χ0v) is 19.4. The summed E-state index contributed by atoms with van der Waals surface area (Å²) in [6.07, 6.45) is 2.66. The molecule has 2 heterocycles. The van der Waals surface area contributed by atoms with E-state index in [1.807, 2.05) is 0 Å². The summed E-state index contributed by atoms with van der Waals surface area (Å²) in [6, 6.07) is 12.5. The van der Waals surface area contributed by atoms with Gasteiger partial charge in [0.05, 0.1) is 18.0 Å². The molecular weight excluding hydrogens is 476 g/mol. The van der Waals surface area contributed by atoms with Crippen molar-refractivity contribution in [2.75, 3.05) is 5.32 Å². The number of thiazole rings is 1. The molecule has 0 aliphatic rings. The molecule has 4 aromatic rings. The van der Waals surface area contributed by atoms with Gasteiger partial charge < -0.3 is 10.1 Å². The number of hydrogen-bond donors (Lipinski definition) is 2. The monoisotopic (exact) mass is 495 g/mol. The second-order valence-corrected chi connectivity index (χ2v) is 8.84. The van der Waals surface area contributed by atoms with Crippen LogP contribution in [-0.2, 0) is 4.79 Å². The zero-order chi connectivity index (χ0) is 25.0. The third-order valence-electron chi connectivity index (χ3n) is 4.80. The summed E-state index contributed by atoms with van der Waals surface area (Å²) < 4.78 is 32.6. The van der Waals surface area contributed by atoms with Crippen LogP contribution in [0.5, 0.6) is 10.8 Å². The lowest BCUT2D eigenvalue weighted by molar-refractivity contribution is -0.120. The van der Waals surface area contributed by atoms with Crippen molar-refractivity contribution in [3.05, 3.63) is 84.2 Å². The second kappa shape index (κ2) is 9.94. The molecule has 2 N–H and O–H groups in total. The standard InChI is InChI=1S/C24H19F2N5O3S/c1-24(2,31-20(32)15-11-12-27-28-13-15)22(33)30-23-29-19(14-3-5-16(25)6-4-14)21(35-23)34-18-9-7-17(26)8-10-18/h3-13H,1-2H3,(H,31,32)(H,29,30,33). The number of halogens is 2. The maximum Gasteiger partial charge on any atom is 0.253 e. The molecule has 0 bridgehead atoms. The molecule has 0 aliphatic carbocycles. The molecule has 0 saturated carbocycles. The van der Waals surface area contributed by atoms with Crippen LogP contribution >= 0.6 is 11.3 Å². The summed E-state index contributed by atoms with van der Waals surface area (Å²) in [5, 5.41) is 13.1. The average Bonchev–Trinajstić information content (AvgIpc) is 3.23. The highest BCUT2D eigenvalue weighted by Gasteiger charge is 2.31. The Morgan fingerprint density at radius 2 is 1.60 bits per heavy atom. The van der Waals surface area contributed by atoms with Crippen LogP contribution in [0, 0.1) is 11.6 Å². The molecule has 8 nitrogen and oxygen atoms in total. The first-order chi connectivity index (χ1) is 16.7. The minimum atomic E-state index is -1.31. The molecule has 0 saturated heterocycles. The van der Waals surface area contributed by atoms with Gasteiger partial charge in [0.2, 0.25) is 5.06 Å². The van der Waals surface area contributed by atoms with Crippen LogP contribution < -0.4 is 15.4 Å². The highest BCUT2D eigenvalue weighted by molar-refractivity contribution is 7.18. The maximum absolute atomic E-state index is 13.4. The molecule has 0 radical (unpaired) electrons. The molecule has 178 valence electrons.